The molecule has 0 fully saturated rings. The first-order valence-electron chi connectivity index (χ1n) is 4.27. The molecule has 1 atom stereocenters. The van der Waals surface area contributed by atoms with Gasteiger partial charge < -0.3 is 5.73 Å². The molecule has 1 heterocycles. The van der Waals surface area contributed by atoms with E-state index >= 15 is 0 Å². The first-order chi connectivity index (χ1) is 5.79. The third kappa shape index (κ3) is 1.25. The van der Waals surface area contributed by atoms with Crippen LogP contribution in [0.2, 0.25) is 0 Å². The molecule has 2 heteroatoms. The molecule has 0 amide bonds. The van der Waals surface area contributed by atoms with Crippen LogP contribution in [-0.2, 0) is 0 Å². The summed E-state index contributed by atoms with van der Waals surface area (Å²) >= 11 is 1.93. The molecule has 1 aromatic carbocycles. The van der Waals surface area contributed by atoms with Crippen LogP contribution >= 0.6 is 11.8 Å². The Bertz CT molecular complexity index is 296. The van der Waals surface area contributed by atoms with Crippen LogP contribution in [0.4, 0.5) is 0 Å². The van der Waals surface area contributed by atoms with Crippen LogP contribution in [0, 0.1) is 6.92 Å². The third-order valence-corrected chi connectivity index (χ3v) is 3.45. The first kappa shape index (κ1) is 8.14. The van der Waals surface area contributed by atoms with E-state index in [0.717, 1.165) is 12.2 Å². The Balaban J connectivity index is 2.53. The van der Waals surface area contributed by atoms with Crippen molar-refractivity contribution in [1.29, 1.82) is 0 Å². The number of hydrogen-bond acceptors (Lipinski definition) is 2. The maximum absolute atomic E-state index is 6.03. The molecule has 64 valence electrons. The molecule has 12 heavy (non-hydrogen) atoms. The molecule has 1 aromatic rings. The van der Waals surface area contributed by atoms with Gasteiger partial charge in [-0.05, 0) is 36.3 Å². The average Bonchev–Trinajstić information content (AvgIpc) is 2.04. The summed E-state index contributed by atoms with van der Waals surface area (Å²) in [6.45, 7) is 2.14. The van der Waals surface area contributed by atoms with E-state index in [4.69, 9.17) is 5.73 Å². The number of fused-ring (bicyclic) bond motifs is 1. The molecular weight excluding hydrogens is 166 g/mol. The molecule has 0 aromatic heterocycles. The lowest BCUT2D eigenvalue weighted by Gasteiger charge is -2.23. The largest absolute Gasteiger partial charge is 0.324 e. The molecule has 1 nitrogen and oxygen atoms in total. The molecule has 1 unspecified atom stereocenters. The predicted octanol–water partition coefficient (Wildman–Crippen LogP) is 2.49. The minimum absolute atomic E-state index is 0.266. The number of thioether (sulfide) groups is 1. The van der Waals surface area contributed by atoms with Crippen molar-refractivity contribution in [2.75, 3.05) is 5.75 Å². The van der Waals surface area contributed by atoms with Crippen LogP contribution in [0.25, 0.3) is 0 Å². The fourth-order valence-electron chi connectivity index (χ4n) is 1.69. The summed E-state index contributed by atoms with van der Waals surface area (Å²) in [7, 11) is 0. The van der Waals surface area contributed by atoms with Gasteiger partial charge in [-0.3, -0.25) is 0 Å². The van der Waals surface area contributed by atoms with Crippen molar-refractivity contribution in [3.63, 3.8) is 0 Å². The van der Waals surface area contributed by atoms with E-state index < -0.39 is 0 Å². The predicted molar refractivity (Wildman–Crippen MR) is 53.4 cm³/mol. The second-order valence-electron chi connectivity index (χ2n) is 3.23. The normalized spacial score (nSPS) is 22.0. The van der Waals surface area contributed by atoms with Crippen molar-refractivity contribution < 1.29 is 0 Å². The standard InChI is InChI=1S/C10H13NS/c1-7-3-2-4-9-10(7)8(11)5-6-12-9/h2-4,8H,5-6,11H2,1H3. The summed E-state index contributed by atoms with van der Waals surface area (Å²) < 4.78 is 0. The SMILES string of the molecule is Cc1cccc2c1C(N)CCS2. The minimum atomic E-state index is 0.266. The molecule has 2 N–H and O–H groups in total. The van der Waals surface area contributed by atoms with Gasteiger partial charge in [-0.25, -0.2) is 0 Å². The summed E-state index contributed by atoms with van der Waals surface area (Å²) in [5, 5.41) is 0. The summed E-state index contributed by atoms with van der Waals surface area (Å²) in [6.07, 6.45) is 1.11. The molecular formula is C10H13NS. The van der Waals surface area contributed by atoms with Gasteiger partial charge >= 0.3 is 0 Å². The third-order valence-electron chi connectivity index (χ3n) is 2.34. The van der Waals surface area contributed by atoms with E-state index in [2.05, 4.69) is 25.1 Å². The molecule has 0 radical (unpaired) electrons. The van der Waals surface area contributed by atoms with Crippen molar-refractivity contribution in [3.05, 3.63) is 29.3 Å². The Kier molecular flexibility index (Phi) is 2.11. The first-order valence-corrected chi connectivity index (χ1v) is 5.25. The van der Waals surface area contributed by atoms with Crippen LogP contribution < -0.4 is 5.73 Å². The zero-order chi connectivity index (χ0) is 8.55. The maximum Gasteiger partial charge on any atom is 0.0316 e. The number of rotatable bonds is 0. The summed E-state index contributed by atoms with van der Waals surface area (Å²) in [5.41, 5.74) is 8.74. The van der Waals surface area contributed by atoms with E-state index in [9.17, 15) is 0 Å². The lowest BCUT2D eigenvalue weighted by atomic mass is 10.00. The maximum atomic E-state index is 6.03. The van der Waals surface area contributed by atoms with Gasteiger partial charge in [0, 0.05) is 10.9 Å². The highest BCUT2D eigenvalue weighted by Crippen LogP contribution is 2.36. The zero-order valence-corrected chi connectivity index (χ0v) is 8.03. The Morgan fingerprint density at radius 3 is 3.08 bits per heavy atom. The van der Waals surface area contributed by atoms with E-state index in [-0.39, 0.29) is 6.04 Å². The molecule has 0 aliphatic carbocycles. The van der Waals surface area contributed by atoms with Gasteiger partial charge in [0.05, 0.1) is 0 Å². The highest BCUT2D eigenvalue weighted by atomic mass is 32.2. The van der Waals surface area contributed by atoms with E-state index in [1.807, 2.05) is 11.8 Å². The number of nitrogens with two attached hydrogens (primary N) is 1. The smallest absolute Gasteiger partial charge is 0.0316 e. The van der Waals surface area contributed by atoms with E-state index in [1.54, 1.807) is 0 Å². The molecule has 2 rings (SSSR count). The summed E-state index contributed by atoms with van der Waals surface area (Å²) in [6, 6.07) is 6.69. The number of benzene rings is 1. The van der Waals surface area contributed by atoms with E-state index in [0.29, 0.717) is 0 Å². The van der Waals surface area contributed by atoms with Crippen molar-refractivity contribution in [3.8, 4) is 0 Å². The summed E-state index contributed by atoms with van der Waals surface area (Å²) in [4.78, 5) is 1.38. The van der Waals surface area contributed by atoms with Crippen molar-refractivity contribution in [2.24, 2.45) is 5.73 Å². The molecule has 0 spiro atoms. The lowest BCUT2D eigenvalue weighted by Crippen LogP contribution is -2.17. The van der Waals surface area contributed by atoms with Gasteiger partial charge in [-0.15, -0.1) is 11.8 Å². The molecule has 0 bridgehead atoms. The highest BCUT2D eigenvalue weighted by Gasteiger charge is 2.18. The second-order valence-corrected chi connectivity index (χ2v) is 4.37. The Morgan fingerprint density at radius 2 is 2.33 bits per heavy atom. The number of hydrogen-bond donors (Lipinski definition) is 1. The minimum Gasteiger partial charge on any atom is -0.324 e. The van der Waals surface area contributed by atoms with Gasteiger partial charge in [0.25, 0.3) is 0 Å². The van der Waals surface area contributed by atoms with Crippen molar-refractivity contribution >= 4 is 11.8 Å². The van der Waals surface area contributed by atoms with Crippen LogP contribution in [0.1, 0.15) is 23.6 Å². The van der Waals surface area contributed by atoms with Gasteiger partial charge in [0.2, 0.25) is 0 Å². The summed E-state index contributed by atoms with van der Waals surface area (Å²) in [5.74, 6) is 1.16. The topological polar surface area (TPSA) is 26.0 Å². The fourth-order valence-corrected chi connectivity index (χ4v) is 2.93. The van der Waals surface area contributed by atoms with Crippen molar-refractivity contribution in [2.45, 2.75) is 24.3 Å². The molecule has 0 saturated carbocycles. The highest BCUT2D eigenvalue weighted by molar-refractivity contribution is 7.99. The van der Waals surface area contributed by atoms with Crippen LogP contribution in [0.15, 0.2) is 23.1 Å². The monoisotopic (exact) mass is 179 g/mol. The van der Waals surface area contributed by atoms with Crippen LogP contribution in [0.5, 0.6) is 0 Å². The quantitative estimate of drug-likeness (QED) is 0.662. The van der Waals surface area contributed by atoms with E-state index in [1.165, 1.54) is 16.0 Å². The van der Waals surface area contributed by atoms with Crippen molar-refractivity contribution in [1.82, 2.24) is 0 Å². The Labute approximate surface area is 77.3 Å². The number of aryl methyl sites for hydroxylation is 1. The molecule has 0 saturated heterocycles. The van der Waals surface area contributed by atoms with Gasteiger partial charge in [-0.1, -0.05) is 12.1 Å². The van der Waals surface area contributed by atoms with Crippen LogP contribution in [0.3, 0.4) is 0 Å². The molecule has 1 aliphatic rings. The Hall–Kier alpha value is -0.470. The van der Waals surface area contributed by atoms with Crippen LogP contribution in [-0.4, -0.2) is 5.75 Å². The molecule has 1 aliphatic heterocycles. The lowest BCUT2D eigenvalue weighted by molar-refractivity contribution is 0.675. The zero-order valence-electron chi connectivity index (χ0n) is 7.21. The fraction of sp³-hybridized carbons (Fsp3) is 0.400. The van der Waals surface area contributed by atoms with Gasteiger partial charge in [0.1, 0.15) is 0 Å². The Morgan fingerprint density at radius 1 is 1.50 bits per heavy atom. The van der Waals surface area contributed by atoms with Gasteiger partial charge in [0.15, 0.2) is 0 Å². The average molecular weight is 179 g/mol. The second kappa shape index (κ2) is 3.11. The van der Waals surface area contributed by atoms with Gasteiger partial charge in [-0.2, -0.15) is 0 Å².